The van der Waals surface area contributed by atoms with Gasteiger partial charge in [0, 0.05) is 18.1 Å². The minimum absolute atomic E-state index is 0.103. The molecule has 1 aromatic carbocycles. The second kappa shape index (κ2) is 7.41. The molecule has 0 unspecified atom stereocenters. The molecule has 7 nitrogen and oxygen atoms in total. The van der Waals surface area contributed by atoms with Crippen molar-refractivity contribution in [3.63, 3.8) is 0 Å². The molecule has 0 atom stereocenters. The van der Waals surface area contributed by atoms with E-state index in [1.807, 2.05) is 11.4 Å². The molecule has 1 aromatic heterocycles. The summed E-state index contributed by atoms with van der Waals surface area (Å²) in [7, 11) is 1.52. The number of methoxy groups -OCH3 is 1. The number of amides is 1. The summed E-state index contributed by atoms with van der Waals surface area (Å²) in [6.07, 6.45) is 0. The first-order valence-corrected chi connectivity index (χ1v) is 8.23. The highest BCUT2D eigenvalue weighted by molar-refractivity contribution is 7.07. The predicted octanol–water partition coefficient (Wildman–Crippen LogP) is 1.73. The van der Waals surface area contributed by atoms with Crippen LogP contribution in [0.3, 0.4) is 0 Å². The first kappa shape index (κ1) is 16.4. The SMILES string of the molecule is COCCOC(=O)CN1C(=O)COc2ccc(-c3cscn3)cc21. The van der Waals surface area contributed by atoms with Crippen LogP contribution in [-0.4, -0.2) is 50.3 Å². The highest BCUT2D eigenvalue weighted by Crippen LogP contribution is 2.35. The Hall–Kier alpha value is -2.45. The van der Waals surface area contributed by atoms with Crippen LogP contribution in [0.2, 0.25) is 0 Å². The highest BCUT2D eigenvalue weighted by atomic mass is 32.1. The van der Waals surface area contributed by atoms with Gasteiger partial charge in [0.25, 0.3) is 5.91 Å². The van der Waals surface area contributed by atoms with E-state index in [0.29, 0.717) is 18.0 Å². The minimum atomic E-state index is -0.493. The Labute approximate surface area is 142 Å². The molecule has 0 radical (unpaired) electrons. The standard InChI is InChI=1S/C16H16N2O5S/c1-21-4-5-22-16(20)7-18-13-6-11(12-9-24-10-17-12)2-3-14(13)23-8-15(18)19/h2-3,6,9-10H,4-5,7-8H2,1H3. The summed E-state index contributed by atoms with van der Waals surface area (Å²) >= 11 is 1.49. The Morgan fingerprint density at radius 2 is 2.29 bits per heavy atom. The molecule has 0 bridgehead atoms. The summed E-state index contributed by atoms with van der Waals surface area (Å²) in [5.74, 6) is -0.229. The lowest BCUT2D eigenvalue weighted by Gasteiger charge is -2.29. The third-order valence-corrected chi connectivity index (χ3v) is 4.05. The van der Waals surface area contributed by atoms with Crippen molar-refractivity contribution < 1.29 is 23.8 Å². The van der Waals surface area contributed by atoms with E-state index in [1.54, 1.807) is 17.6 Å². The van der Waals surface area contributed by atoms with Crippen molar-refractivity contribution in [2.45, 2.75) is 0 Å². The molecule has 2 heterocycles. The number of hydrogen-bond donors (Lipinski definition) is 0. The van der Waals surface area contributed by atoms with Crippen LogP contribution in [0.15, 0.2) is 29.1 Å². The van der Waals surface area contributed by atoms with E-state index >= 15 is 0 Å². The van der Waals surface area contributed by atoms with Crippen LogP contribution in [-0.2, 0) is 19.1 Å². The Morgan fingerprint density at radius 3 is 3.04 bits per heavy atom. The van der Waals surface area contributed by atoms with Gasteiger partial charge in [-0.2, -0.15) is 0 Å². The molecular weight excluding hydrogens is 332 g/mol. The van der Waals surface area contributed by atoms with Gasteiger partial charge in [-0.05, 0) is 18.2 Å². The number of carbonyl (C=O) groups excluding carboxylic acids is 2. The lowest BCUT2D eigenvalue weighted by Crippen LogP contribution is -2.42. The lowest BCUT2D eigenvalue weighted by atomic mass is 10.1. The molecular formula is C16H16N2O5S. The maximum Gasteiger partial charge on any atom is 0.326 e. The van der Waals surface area contributed by atoms with Crippen molar-refractivity contribution in [3.05, 3.63) is 29.1 Å². The van der Waals surface area contributed by atoms with E-state index < -0.39 is 5.97 Å². The monoisotopic (exact) mass is 348 g/mol. The van der Waals surface area contributed by atoms with Crippen LogP contribution in [0.25, 0.3) is 11.3 Å². The van der Waals surface area contributed by atoms with Crippen molar-refractivity contribution in [2.24, 2.45) is 0 Å². The first-order valence-electron chi connectivity index (χ1n) is 7.29. The molecule has 0 aliphatic carbocycles. The second-order valence-electron chi connectivity index (χ2n) is 5.04. The molecule has 0 saturated heterocycles. The summed E-state index contributed by atoms with van der Waals surface area (Å²) in [6.45, 7) is 0.195. The third kappa shape index (κ3) is 3.55. The largest absolute Gasteiger partial charge is 0.482 e. The molecule has 0 saturated carbocycles. The Morgan fingerprint density at radius 1 is 1.42 bits per heavy atom. The summed E-state index contributed by atoms with van der Waals surface area (Å²) in [4.78, 5) is 29.7. The zero-order chi connectivity index (χ0) is 16.9. The molecule has 0 fully saturated rings. The quantitative estimate of drug-likeness (QED) is 0.584. The molecule has 0 N–H and O–H groups in total. The zero-order valence-electron chi connectivity index (χ0n) is 13.1. The zero-order valence-corrected chi connectivity index (χ0v) is 13.9. The van der Waals surface area contributed by atoms with Crippen LogP contribution in [0.1, 0.15) is 0 Å². The molecule has 1 amide bonds. The van der Waals surface area contributed by atoms with E-state index in [4.69, 9.17) is 14.2 Å². The van der Waals surface area contributed by atoms with E-state index in [-0.39, 0.29) is 25.7 Å². The predicted molar refractivity (Wildman–Crippen MR) is 88.2 cm³/mol. The third-order valence-electron chi connectivity index (χ3n) is 3.47. The normalized spacial score (nSPS) is 13.4. The molecule has 1 aliphatic heterocycles. The van der Waals surface area contributed by atoms with E-state index in [1.165, 1.54) is 23.3 Å². The average Bonchev–Trinajstić information content (AvgIpc) is 3.12. The molecule has 2 aromatic rings. The summed E-state index contributed by atoms with van der Waals surface area (Å²) in [5.41, 5.74) is 3.94. The fraction of sp³-hybridized carbons (Fsp3) is 0.312. The van der Waals surface area contributed by atoms with E-state index in [9.17, 15) is 9.59 Å². The van der Waals surface area contributed by atoms with E-state index in [0.717, 1.165) is 11.3 Å². The van der Waals surface area contributed by atoms with Crippen molar-refractivity contribution in [3.8, 4) is 17.0 Å². The lowest BCUT2D eigenvalue weighted by molar-refractivity contribution is -0.144. The molecule has 8 heteroatoms. The molecule has 1 aliphatic rings. The highest BCUT2D eigenvalue weighted by Gasteiger charge is 2.28. The number of carbonyl (C=O) groups is 2. The van der Waals surface area contributed by atoms with Gasteiger partial charge < -0.3 is 14.2 Å². The summed E-state index contributed by atoms with van der Waals surface area (Å²) in [5, 5.41) is 1.91. The maximum atomic E-state index is 12.2. The molecule has 126 valence electrons. The van der Waals surface area contributed by atoms with Crippen molar-refractivity contribution >= 4 is 28.9 Å². The van der Waals surface area contributed by atoms with Crippen molar-refractivity contribution in [2.75, 3.05) is 38.4 Å². The van der Waals surface area contributed by atoms with Gasteiger partial charge in [0.1, 0.15) is 18.9 Å². The smallest absolute Gasteiger partial charge is 0.326 e. The van der Waals surface area contributed by atoms with Gasteiger partial charge in [-0.1, -0.05) is 0 Å². The summed E-state index contributed by atoms with van der Waals surface area (Å²) in [6, 6.07) is 5.45. The van der Waals surface area contributed by atoms with Gasteiger partial charge >= 0.3 is 5.97 Å². The fourth-order valence-electron chi connectivity index (χ4n) is 2.30. The van der Waals surface area contributed by atoms with E-state index in [2.05, 4.69) is 4.98 Å². The van der Waals surface area contributed by atoms with Crippen molar-refractivity contribution in [1.82, 2.24) is 4.98 Å². The number of esters is 1. The van der Waals surface area contributed by atoms with Gasteiger partial charge in [-0.3, -0.25) is 14.5 Å². The number of rotatable bonds is 6. The summed E-state index contributed by atoms with van der Waals surface area (Å²) < 4.78 is 15.3. The number of anilines is 1. The van der Waals surface area contributed by atoms with Crippen LogP contribution < -0.4 is 9.64 Å². The van der Waals surface area contributed by atoms with Gasteiger partial charge in [0.2, 0.25) is 0 Å². The molecule has 3 rings (SSSR count). The molecule has 24 heavy (non-hydrogen) atoms. The van der Waals surface area contributed by atoms with Crippen LogP contribution in [0.4, 0.5) is 5.69 Å². The Bertz CT molecular complexity index is 732. The van der Waals surface area contributed by atoms with Gasteiger partial charge in [-0.25, -0.2) is 4.98 Å². The number of thiazole rings is 1. The number of fused-ring (bicyclic) bond motifs is 1. The van der Waals surface area contributed by atoms with Crippen molar-refractivity contribution in [1.29, 1.82) is 0 Å². The van der Waals surface area contributed by atoms with Crippen LogP contribution >= 0.6 is 11.3 Å². The fourth-order valence-corrected chi connectivity index (χ4v) is 2.86. The minimum Gasteiger partial charge on any atom is -0.482 e. The number of hydrogen-bond acceptors (Lipinski definition) is 7. The molecule has 0 spiro atoms. The Kier molecular flexibility index (Phi) is 5.07. The number of ether oxygens (including phenoxy) is 3. The second-order valence-corrected chi connectivity index (χ2v) is 5.76. The average molecular weight is 348 g/mol. The van der Waals surface area contributed by atoms with Gasteiger partial charge in [-0.15, -0.1) is 11.3 Å². The van der Waals surface area contributed by atoms with Crippen LogP contribution in [0.5, 0.6) is 5.75 Å². The topological polar surface area (TPSA) is 78.0 Å². The van der Waals surface area contributed by atoms with Crippen LogP contribution in [0, 0.1) is 0 Å². The number of aromatic nitrogens is 1. The number of nitrogens with zero attached hydrogens (tertiary/aromatic N) is 2. The maximum absolute atomic E-state index is 12.2. The number of benzene rings is 1. The van der Waals surface area contributed by atoms with Gasteiger partial charge in [0.15, 0.2) is 6.61 Å². The van der Waals surface area contributed by atoms with Gasteiger partial charge in [0.05, 0.1) is 23.5 Å². The first-order chi connectivity index (χ1) is 11.7. The Balaban J connectivity index is 1.82.